The maximum atomic E-state index is 12.8. The summed E-state index contributed by atoms with van der Waals surface area (Å²) in [6.07, 6.45) is -8.01. The van der Waals surface area contributed by atoms with E-state index in [0.29, 0.717) is 0 Å². The van der Waals surface area contributed by atoms with Gasteiger partial charge < -0.3 is 0 Å². The van der Waals surface area contributed by atoms with Crippen molar-refractivity contribution < 1.29 is 26.3 Å². The lowest BCUT2D eigenvalue weighted by molar-refractivity contribution is -0.138. The zero-order valence-corrected chi connectivity index (χ0v) is 11.4. The molecule has 0 saturated heterocycles. The van der Waals surface area contributed by atoms with Gasteiger partial charge in [0.1, 0.15) is 0 Å². The van der Waals surface area contributed by atoms with E-state index in [4.69, 9.17) is 0 Å². The molecule has 0 atom stereocenters. The molecule has 0 aliphatic carbocycles. The average Bonchev–Trinajstić information content (AvgIpc) is 2.46. The molecular weight excluding hydrogens is 322 g/mol. The van der Waals surface area contributed by atoms with E-state index in [-0.39, 0.29) is 11.3 Å². The normalized spacial score (nSPS) is 12.6. The van der Waals surface area contributed by atoms with Crippen molar-refractivity contribution in [1.29, 1.82) is 0 Å². The van der Waals surface area contributed by atoms with Gasteiger partial charge in [-0.15, -0.1) is 0 Å². The third-order valence-electron chi connectivity index (χ3n) is 2.88. The molecule has 0 radical (unpaired) electrons. The molecule has 8 heteroatoms. The van der Waals surface area contributed by atoms with Gasteiger partial charge >= 0.3 is 12.4 Å². The van der Waals surface area contributed by atoms with Gasteiger partial charge in [-0.2, -0.15) is 31.4 Å². The molecular formula is C15H10F6N2. The molecule has 2 aromatic rings. The second-order valence-electron chi connectivity index (χ2n) is 4.53. The maximum Gasteiger partial charge on any atom is 0.417 e. The Morgan fingerprint density at radius 3 is 1.96 bits per heavy atom. The largest absolute Gasteiger partial charge is 0.417 e. The monoisotopic (exact) mass is 332 g/mol. The Morgan fingerprint density at radius 1 is 0.783 bits per heavy atom. The molecule has 0 saturated carbocycles. The first-order valence-corrected chi connectivity index (χ1v) is 6.30. The van der Waals surface area contributed by atoms with E-state index in [1.54, 1.807) is 0 Å². The zero-order valence-electron chi connectivity index (χ0n) is 11.4. The number of halogens is 6. The van der Waals surface area contributed by atoms with E-state index in [0.717, 1.165) is 36.5 Å². The van der Waals surface area contributed by atoms with Crippen molar-refractivity contribution in [2.45, 2.75) is 12.4 Å². The van der Waals surface area contributed by atoms with Crippen LogP contribution in [0.15, 0.2) is 53.6 Å². The third kappa shape index (κ3) is 4.48. The fraction of sp³-hybridized carbons (Fsp3) is 0.133. The number of anilines is 1. The summed E-state index contributed by atoms with van der Waals surface area (Å²) in [6, 6.07) is 8.80. The Bertz CT molecular complexity index is 686. The van der Waals surface area contributed by atoms with Crippen molar-refractivity contribution in [1.82, 2.24) is 0 Å². The van der Waals surface area contributed by atoms with Gasteiger partial charge in [0.25, 0.3) is 0 Å². The molecule has 0 aliphatic heterocycles. The molecule has 0 amide bonds. The number of alkyl halides is 6. The quantitative estimate of drug-likeness (QED) is 0.468. The topological polar surface area (TPSA) is 24.4 Å². The Balaban J connectivity index is 2.11. The Labute approximate surface area is 127 Å². The molecule has 122 valence electrons. The molecule has 0 aromatic heterocycles. The molecule has 2 rings (SSSR count). The summed E-state index contributed by atoms with van der Waals surface area (Å²) in [5.74, 6) is 0. The predicted octanol–water partition coefficient (Wildman–Crippen LogP) is 5.17. The number of hydrogen-bond acceptors (Lipinski definition) is 2. The summed E-state index contributed by atoms with van der Waals surface area (Å²) in [4.78, 5) is 0. The molecule has 23 heavy (non-hydrogen) atoms. The standard InChI is InChI=1S/C15H10F6N2/c16-14(17,18)11-5-7-12(8-6-11)23-22-9-10-3-1-2-4-13(10)15(19,20)21/h1-9,23H/b22-9-. The Hall–Kier alpha value is -2.51. The van der Waals surface area contributed by atoms with Gasteiger partial charge in [-0.05, 0) is 30.3 Å². The first-order valence-electron chi connectivity index (χ1n) is 6.30. The highest BCUT2D eigenvalue weighted by molar-refractivity contribution is 5.82. The van der Waals surface area contributed by atoms with Crippen molar-refractivity contribution in [3.8, 4) is 0 Å². The summed E-state index contributed by atoms with van der Waals surface area (Å²) >= 11 is 0. The molecule has 0 bridgehead atoms. The lowest BCUT2D eigenvalue weighted by Gasteiger charge is -2.09. The van der Waals surface area contributed by atoms with Crippen molar-refractivity contribution in [3.05, 3.63) is 65.2 Å². The van der Waals surface area contributed by atoms with Crippen LogP contribution >= 0.6 is 0 Å². The highest BCUT2D eigenvalue weighted by Gasteiger charge is 2.32. The van der Waals surface area contributed by atoms with Crippen LogP contribution in [-0.2, 0) is 12.4 Å². The number of benzene rings is 2. The molecule has 0 aliphatic rings. The van der Waals surface area contributed by atoms with Crippen molar-refractivity contribution >= 4 is 11.9 Å². The second kappa shape index (κ2) is 6.31. The predicted molar refractivity (Wildman–Crippen MR) is 74.1 cm³/mol. The van der Waals surface area contributed by atoms with E-state index in [1.165, 1.54) is 18.2 Å². The maximum absolute atomic E-state index is 12.8. The minimum Gasteiger partial charge on any atom is -0.279 e. The van der Waals surface area contributed by atoms with Gasteiger partial charge in [-0.3, -0.25) is 5.43 Å². The van der Waals surface area contributed by atoms with Crippen molar-refractivity contribution in [3.63, 3.8) is 0 Å². The smallest absolute Gasteiger partial charge is 0.279 e. The van der Waals surface area contributed by atoms with Crippen LogP contribution in [0, 0.1) is 0 Å². The minimum atomic E-state index is -4.52. The van der Waals surface area contributed by atoms with Crippen LogP contribution < -0.4 is 5.43 Å². The summed E-state index contributed by atoms with van der Waals surface area (Å²) in [7, 11) is 0. The first kappa shape index (κ1) is 16.9. The van der Waals surface area contributed by atoms with E-state index in [1.807, 2.05) is 0 Å². The van der Waals surface area contributed by atoms with Crippen LogP contribution in [0.3, 0.4) is 0 Å². The second-order valence-corrected chi connectivity index (χ2v) is 4.53. The van der Waals surface area contributed by atoms with Crippen LogP contribution in [0.4, 0.5) is 32.0 Å². The van der Waals surface area contributed by atoms with Gasteiger partial charge in [0, 0.05) is 5.56 Å². The average molecular weight is 332 g/mol. The fourth-order valence-electron chi connectivity index (χ4n) is 1.78. The molecule has 0 heterocycles. The molecule has 0 unspecified atom stereocenters. The third-order valence-corrected chi connectivity index (χ3v) is 2.88. The first-order chi connectivity index (χ1) is 10.7. The Morgan fingerprint density at radius 2 is 1.39 bits per heavy atom. The highest BCUT2D eigenvalue weighted by atomic mass is 19.4. The Kier molecular flexibility index (Phi) is 4.63. The van der Waals surface area contributed by atoms with Crippen molar-refractivity contribution in [2.75, 3.05) is 5.43 Å². The van der Waals surface area contributed by atoms with Crippen LogP contribution in [0.25, 0.3) is 0 Å². The van der Waals surface area contributed by atoms with E-state index >= 15 is 0 Å². The van der Waals surface area contributed by atoms with E-state index in [9.17, 15) is 26.3 Å². The summed E-state index contributed by atoms with van der Waals surface area (Å²) in [5, 5.41) is 3.62. The SMILES string of the molecule is FC(F)(F)c1ccc(N/N=C\c2ccccc2C(F)(F)F)cc1. The number of hydrazone groups is 1. The molecule has 1 N–H and O–H groups in total. The van der Waals surface area contributed by atoms with Gasteiger partial charge in [0.15, 0.2) is 0 Å². The summed E-state index contributed by atoms with van der Waals surface area (Å²) < 4.78 is 75.5. The minimum absolute atomic E-state index is 0.153. The van der Waals surface area contributed by atoms with Crippen LogP contribution in [0.1, 0.15) is 16.7 Å². The van der Waals surface area contributed by atoms with Gasteiger partial charge in [0.2, 0.25) is 0 Å². The van der Waals surface area contributed by atoms with Crippen LogP contribution in [0.5, 0.6) is 0 Å². The van der Waals surface area contributed by atoms with Gasteiger partial charge in [-0.1, -0.05) is 18.2 Å². The number of hydrogen-bond donors (Lipinski definition) is 1. The van der Waals surface area contributed by atoms with Crippen LogP contribution in [0.2, 0.25) is 0 Å². The van der Waals surface area contributed by atoms with Gasteiger partial charge in [0.05, 0.1) is 23.0 Å². The van der Waals surface area contributed by atoms with Crippen molar-refractivity contribution in [2.24, 2.45) is 5.10 Å². The summed E-state index contributed by atoms with van der Waals surface area (Å²) in [6.45, 7) is 0. The summed E-state index contributed by atoms with van der Waals surface area (Å²) in [5.41, 5.74) is 0.779. The number of rotatable bonds is 3. The number of nitrogens with one attached hydrogen (secondary N) is 1. The lowest BCUT2D eigenvalue weighted by Crippen LogP contribution is -2.08. The van der Waals surface area contributed by atoms with E-state index < -0.39 is 23.5 Å². The molecule has 0 fully saturated rings. The van der Waals surface area contributed by atoms with E-state index in [2.05, 4.69) is 10.5 Å². The molecule has 2 aromatic carbocycles. The molecule has 2 nitrogen and oxygen atoms in total. The molecule has 0 spiro atoms. The lowest BCUT2D eigenvalue weighted by atomic mass is 10.1. The number of nitrogens with zero attached hydrogens (tertiary/aromatic N) is 1. The van der Waals surface area contributed by atoms with Crippen LogP contribution in [-0.4, -0.2) is 6.21 Å². The fourth-order valence-corrected chi connectivity index (χ4v) is 1.78. The van der Waals surface area contributed by atoms with Gasteiger partial charge in [-0.25, -0.2) is 0 Å². The zero-order chi connectivity index (χ0) is 17.1. The highest BCUT2D eigenvalue weighted by Crippen LogP contribution is 2.31.